The fourth-order valence-corrected chi connectivity index (χ4v) is 1.94. The third-order valence-electron chi connectivity index (χ3n) is 3.03. The van der Waals surface area contributed by atoms with Crippen molar-refractivity contribution < 1.29 is 22.4 Å². The minimum atomic E-state index is -4.53. The van der Waals surface area contributed by atoms with Crippen LogP contribution < -0.4 is 10.6 Å². The molecule has 0 atom stereocenters. The lowest BCUT2D eigenvalue weighted by Crippen LogP contribution is -2.19. The van der Waals surface area contributed by atoms with Crippen molar-refractivity contribution in [1.82, 2.24) is 0 Å². The predicted molar refractivity (Wildman–Crippen MR) is 79.6 cm³/mol. The minimum Gasteiger partial charge on any atom is -0.385 e. The summed E-state index contributed by atoms with van der Waals surface area (Å²) in [5, 5.41) is 5.14. The highest BCUT2D eigenvalue weighted by molar-refractivity contribution is 5.91. The summed E-state index contributed by atoms with van der Waals surface area (Å²) in [6.45, 7) is 0.214. The van der Waals surface area contributed by atoms with Gasteiger partial charge in [0, 0.05) is 18.7 Å². The number of halogens is 4. The van der Waals surface area contributed by atoms with Gasteiger partial charge in [-0.25, -0.2) is 4.39 Å². The van der Waals surface area contributed by atoms with E-state index in [9.17, 15) is 22.4 Å². The summed E-state index contributed by atoms with van der Waals surface area (Å²) < 4.78 is 51.2. The van der Waals surface area contributed by atoms with Gasteiger partial charge in [-0.2, -0.15) is 13.2 Å². The summed E-state index contributed by atoms with van der Waals surface area (Å²) in [4.78, 5) is 11.8. The summed E-state index contributed by atoms with van der Waals surface area (Å²) in [5.41, 5.74) is -0.540. The number of para-hydroxylation sites is 1. The lowest BCUT2D eigenvalue weighted by molar-refractivity contribution is -0.137. The average Bonchev–Trinajstić information content (AvgIpc) is 2.49. The van der Waals surface area contributed by atoms with Crippen LogP contribution in [-0.2, 0) is 11.0 Å². The van der Waals surface area contributed by atoms with Gasteiger partial charge >= 0.3 is 6.18 Å². The monoisotopic (exact) mass is 326 g/mol. The fraction of sp³-hybridized carbons (Fsp3) is 0.188. The molecule has 0 unspecified atom stereocenters. The maximum Gasteiger partial charge on any atom is 0.418 e. The van der Waals surface area contributed by atoms with Gasteiger partial charge in [-0.15, -0.1) is 0 Å². The number of carbonyl (C=O) groups is 1. The number of alkyl halides is 3. The summed E-state index contributed by atoms with van der Waals surface area (Å²) >= 11 is 0. The number of benzene rings is 2. The first kappa shape index (κ1) is 16.8. The van der Waals surface area contributed by atoms with Crippen molar-refractivity contribution >= 4 is 17.3 Å². The highest BCUT2D eigenvalue weighted by Crippen LogP contribution is 2.34. The Kier molecular flexibility index (Phi) is 5.20. The summed E-state index contributed by atoms with van der Waals surface area (Å²) in [7, 11) is 0. The molecule has 3 nitrogen and oxygen atoms in total. The Morgan fingerprint density at radius 2 is 1.65 bits per heavy atom. The molecule has 0 saturated heterocycles. The number of anilines is 2. The molecular weight excluding hydrogens is 312 g/mol. The van der Waals surface area contributed by atoms with E-state index in [1.807, 2.05) is 0 Å². The van der Waals surface area contributed by atoms with Gasteiger partial charge in [-0.1, -0.05) is 12.1 Å². The third kappa shape index (κ3) is 4.98. The number of nitrogens with one attached hydrogen (secondary N) is 2. The standard InChI is InChI=1S/C16H14F4N2O/c17-11-5-7-12(8-6-11)21-10-9-15(23)22-14-4-2-1-3-13(14)16(18,19)20/h1-8,21H,9-10H2,(H,22,23). The molecule has 0 aliphatic rings. The molecule has 2 rings (SSSR count). The zero-order chi connectivity index (χ0) is 16.9. The second-order valence-corrected chi connectivity index (χ2v) is 4.78. The van der Waals surface area contributed by atoms with Gasteiger partial charge in [0.1, 0.15) is 5.82 Å². The topological polar surface area (TPSA) is 41.1 Å². The molecule has 23 heavy (non-hydrogen) atoms. The normalized spacial score (nSPS) is 11.1. The van der Waals surface area contributed by atoms with Crippen LogP contribution in [0, 0.1) is 5.82 Å². The number of carbonyl (C=O) groups excluding carboxylic acids is 1. The summed E-state index contributed by atoms with van der Waals surface area (Å²) in [6.07, 6.45) is -4.56. The van der Waals surface area contributed by atoms with Gasteiger partial charge in [-0.05, 0) is 36.4 Å². The van der Waals surface area contributed by atoms with Crippen LogP contribution in [0.4, 0.5) is 28.9 Å². The molecule has 0 spiro atoms. The van der Waals surface area contributed by atoms with E-state index < -0.39 is 17.6 Å². The molecule has 1 amide bonds. The van der Waals surface area contributed by atoms with Gasteiger partial charge in [0.25, 0.3) is 0 Å². The van der Waals surface area contributed by atoms with E-state index in [4.69, 9.17) is 0 Å². The predicted octanol–water partition coefficient (Wildman–Crippen LogP) is 4.29. The van der Waals surface area contributed by atoms with E-state index >= 15 is 0 Å². The van der Waals surface area contributed by atoms with Crippen molar-refractivity contribution in [2.24, 2.45) is 0 Å². The zero-order valence-corrected chi connectivity index (χ0v) is 12.0. The molecule has 2 aromatic carbocycles. The fourth-order valence-electron chi connectivity index (χ4n) is 1.94. The molecule has 0 aromatic heterocycles. The van der Waals surface area contributed by atoms with Crippen molar-refractivity contribution in [3.05, 3.63) is 59.9 Å². The van der Waals surface area contributed by atoms with Crippen LogP contribution in [0.25, 0.3) is 0 Å². The van der Waals surface area contributed by atoms with Gasteiger partial charge in [0.2, 0.25) is 5.91 Å². The molecule has 0 radical (unpaired) electrons. The smallest absolute Gasteiger partial charge is 0.385 e. The molecule has 0 bridgehead atoms. The number of amides is 1. The Balaban J connectivity index is 1.89. The van der Waals surface area contributed by atoms with E-state index in [1.165, 1.54) is 42.5 Å². The second-order valence-electron chi connectivity index (χ2n) is 4.78. The average molecular weight is 326 g/mol. The molecule has 0 aliphatic heterocycles. The quantitative estimate of drug-likeness (QED) is 0.805. The van der Waals surface area contributed by atoms with Crippen molar-refractivity contribution in [2.75, 3.05) is 17.2 Å². The lowest BCUT2D eigenvalue weighted by Gasteiger charge is -2.13. The third-order valence-corrected chi connectivity index (χ3v) is 3.03. The van der Waals surface area contributed by atoms with Crippen molar-refractivity contribution in [3.8, 4) is 0 Å². The molecule has 0 saturated carbocycles. The van der Waals surface area contributed by atoms with E-state index in [0.717, 1.165) is 6.07 Å². The lowest BCUT2D eigenvalue weighted by atomic mass is 10.1. The first-order valence-electron chi connectivity index (χ1n) is 6.82. The highest BCUT2D eigenvalue weighted by Gasteiger charge is 2.33. The molecule has 0 aliphatic carbocycles. The first-order valence-corrected chi connectivity index (χ1v) is 6.82. The van der Waals surface area contributed by atoms with Crippen LogP contribution in [0.3, 0.4) is 0 Å². The first-order chi connectivity index (χ1) is 10.9. The Labute approximate surface area is 130 Å². The Bertz CT molecular complexity index is 669. The molecule has 122 valence electrons. The Morgan fingerprint density at radius 1 is 1.00 bits per heavy atom. The highest BCUT2D eigenvalue weighted by atomic mass is 19.4. The van der Waals surface area contributed by atoms with Crippen LogP contribution in [0.15, 0.2) is 48.5 Å². The number of hydrogen-bond donors (Lipinski definition) is 2. The Hall–Kier alpha value is -2.57. The van der Waals surface area contributed by atoms with Gasteiger partial charge in [0.15, 0.2) is 0 Å². The molecule has 7 heteroatoms. The molecule has 0 heterocycles. The maximum atomic E-state index is 12.8. The maximum absolute atomic E-state index is 12.8. The number of hydrogen-bond acceptors (Lipinski definition) is 2. The van der Waals surface area contributed by atoms with E-state index in [1.54, 1.807) is 0 Å². The van der Waals surface area contributed by atoms with Gasteiger partial charge in [0.05, 0.1) is 11.3 Å². The molecular formula is C16H14F4N2O. The minimum absolute atomic E-state index is 0.0242. The van der Waals surface area contributed by atoms with E-state index in [0.29, 0.717) is 5.69 Å². The van der Waals surface area contributed by atoms with Gasteiger partial charge < -0.3 is 10.6 Å². The van der Waals surface area contributed by atoms with Crippen molar-refractivity contribution in [2.45, 2.75) is 12.6 Å². The van der Waals surface area contributed by atoms with E-state index in [2.05, 4.69) is 10.6 Å². The Morgan fingerprint density at radius 3 is 2.30 bits per heavy atom. The summed E-state index contributed by atoms with van der Waals surface area (Å²) in [5.74, 6) is -0.923. The van der Waals surface area contributed by atoms with Crippen molar-refractivity contribution in [1.29, 1.82) is 0 Å². The number of rotatable bonds is 5. The van der Waals surface area contributed by atoms with Crippen LogP contribution in [0.2, 0.25) is 0 Å². The van der Waals surface area contributed by atoms with Crippen LogP contribution >= 0.6 is 0 Å². The second kappa shape index (κ2) is 7.13. The molecule has 2 aromatic rings. The van der Waals surface area contributed by atoms with Crippen LogP contribution in [-0.4, -0.2) is 12.5 Å². The van der Waals surface area contributed by atoms with Crippen LogP contribution in [0.1, 0.15) is 12.0 Å². The SMILES string of the molecule is O=C(CCNc1ccc(F)cc1)Nc1ccccc1C(F)(F)F. The van der Waals surface area contributed by atoms with Crippen molar-refractivity contribution in [3.63, 3.8) is 0 Å². The summed E-state index contributed by atoms with van der Waals surface area (Å²) in [6, 6.07) is 10.3. The van der Waals surface area contributed by atoms with Crippen LogP contribution in [0.5, 0.6) is 0 Å². The largest absolute Gasteiger partial charge is 0.418 e. The molecule has 2 N–H and O–H groups in total. The van der Waals surface area contributed by atoms with E-state index in [-0.39, 0.29) is 24.5 Å². The molecule has 0 fully saturated rings. The van der Waals surface area contributed by atoms with Gasteiger partial charge in [-0.3, -0.25) is 4.79 Å². The zero-order valence-electron chi connectivity index (χ0n) is 12.0.